The van der Waals surface area contributed by atoms with Crippen molar-refractivity contribution >= 4 is 11.8 Å². The molecule has 1 aliphatic rings. The van der Waals surface area contributed by atoms with Gasteiger partial charge in [-0.15, -0.1) is 0 Å². The minimum atomic E-state index is 0.506. The van der Waals surface area contributed by atoms with E-state index < -0.39 is 0 Å². The number of ether oxygens (including phenoxy) is 1. The molecule has 0 saturated carbocycles. The molecule has 2 rings (SSSR count). The van der Waals surface area contributed by atoms with Gasteiger partial charge in [-0.05, 0) is 61.0 Å². The summed E-state index contributed by atoms with van der Waals surface area (Å²) in [5.74, 6) is 3.44. The lowest BCUT2D eigenvalue weighted by molar-refractivity contribution is 0.411. The third-order valence-electron chi connectivity index (χ3n) is 3.82. The molecule has 2 unspecified atom stereocenters. The largest absolute Gasteiger partial charge is 0.497 e. The van der Waals surface area contributed by atoms with Crippen LogP contribution in [0.15, 0.2) is 18.2 Å². The van der Waals surface area contributed by atoms with Crippen LogP contribution in [0, 0.1) is 0 Å². The summed E-state index contributed by atoms with van der Waals surface area (Å²) in [6.07, 6.45) is 3.65. The molecule has 1 aromatic carbocycles. The van der Waals surface area contributed by atoms with Gasteiger partial charge in [0, 0.05) is 12.1 Å². The maximum absolute atomic E-state index is 5.34. The molecule has 0 saturated heterocycles. The van der Waals surface area contributed by atoms with Gasteiger partial charge in [-0.2, -0.15) is 11.8 Å². The Labute approximate surface area is 121 Å². The number of methoxy groups -OCH3 is 1. The number of hydrogen-bond donors (Lipinski definition) is 1. The Hall–Kier alpha value is -0.670. The highest BCUT2D eigenvalue weighted by molar-refractivity contribution is 7.99. The molecular formula is C16H25NOS. The van der Waals surface area contributed by atoms with Crippen molar-refractivity contribution in [3.05, 3.63) is 29.3 Å². The summed E-state index contributed by atoms with van der Waals surface area (Å²) in [6, 6.07) is 7.58. The van der Waals surface area contributed by atoms with E-state index in [4.69, 9.17) is 4.74 Å². The zero-order chi connectivity index (χ0) is 13.7. The molecule has 0 spiro atoms. The topological polar surface area (TPSA) is 21.3 Å². The second kappa shape index (κ2) is 7.20. The molecule has 0 bridgehead atoms. The van der Waals surface area contributed by atoms with Crippen LogP contribution in [0.25, 0.3) is 0 Å². The van der Waals surface area contributed by atoms with Crippen LogP contribution in [0.2, 0.25) is 0 Å². The van der Waals surface area contributed by atoms with Crippen molar-refractivity contribution in [2.75, 3.05) is 18.6 Å². The Balaban J connectivity index is 1.93. The zero-order valence-corrected chi connectivity index (χ0v) is 13.1. The third-order valence-corrected chi connectivity index (χ3v) is 4.75. The first-order valence-electron chi connectivity index (χ1n) is 7.25. The van der Waals surface area contributed by atoms with Crippen LogP contribution >= 0.6 is 11.8 Å². The molecule has 0 heterocycles. The van der Waals surface area contributed by atoms with E-state index in [2.05, 4.69) is 37.4 Å². The third kappa shape index (κ3) is 3.90. The lowest BCUT2D eigenvalue weighted by atomic mass is 10.1. The molecule has 0 aromatic heterocycles. The predicted molar refractivity (Wildman–Crippen MR) is 84.3 cm³/mol. The van der Waals surface area contributed by atoms with Crippen molar-refractivity contribution in [2.45, 2.75) is 45.2 Å². The van der Waals surface area contributed by atoms with Gasteiger partial charge >= 0.3 is 0 Å². The maximum atomic E-state index is 5.34. The highest BCUT2D eigenvalue weighted by Crippen LogP contribution is 2.34. The number of aryl methyl sites for hydroxylation is 1. The van der Waals surface area contributed by atoms with E-state index in [-0.39, 0.29) is 0 Å². The van der Waals surface area contributed by atoms with Gasteiger partial charge in [0.15, 0.2) is 0 Å². The maximum Gasteiger partial charge on any atom is 0.119 e. The van der Waals surface area contributed by atoms with Crippen LogP contribution in [0.4, 0.5) is 0 Å². The van der Waals surface area contributed by atoms with Gasteiger partial charge in [-0.25, -0.2) is 0 Å². The number of nitrogens with one attached hydrogen (secondary N) is 1. The van der Waals surface area contributed by atoms with E-state index in [9.17, 15) is 0 Å². The average Bonchev–Trinajstić information content (AvgIpc) is 2.81. The molecule has 0 amide bonds. The summed E-state index contributed by atoms with van der Waals surface area (Å²) in [6.45, 7) is 4.52. The number of benzene rings is 1. The molecule has 106 valence electrons. The fourth-order valence-electron chi connectivity index (χ4n) is 2.71. The standard InChI is InChI=1S/C16H25NOS/c1-4-19-10-9-12(2)17-16-8-6-13-5-7-14(18-3)11-15(13)16/h5,7,11-12,16-17H,4,6,8-10H2,1-3H3. The van der Waals surface area contributed by atoms with Crippen LogP contribution in [0.5, 0.6) is 5.75 Å². The summed E-state index contributed by atoms with van der Waals surface area (Å²) in [5, 5.41) is 3.78. The highest BCUT2D eigenvalue weighted by atomic mass is 32.2. The summed E-state index contributed by atoms with van der Waals surface area (Å²) < 4.78 is 5.34. The number of hydrogen-bond acceptors (Lipinski definition) is 3. The normalized spacial score (nSPS) is 19.2. The monoisotopic (exact) mass is 279 g/mol. The van der Waals surface area contributed by atoms with Crippen LogP contribution in [0.1, 0.15) is 43.9 Å². The second-order valence-corrected chi connectivity index (χ2v) is 6.60. The SMILES string of the molecule is CCSCCC(C)NC1CCc2ccc(OC)cc21. The van der Waals surface area contributed by atoms with Crippen molar-refractivity contribution in [1.82, 2.24) is 5.32 Å². The van der Waals surface area contributed by atoms with Crippen LogP contribution in [0.3, 0.4) is 0 Å². The van der Waals surface area contributed by atoms with E-state index in [1.807, 2.05) is 11.8 Å². The molecule has 2 nitrogen and oxygen atoms in total. The van der Waals surface area contributed by atoms with E-state index in [1.165, 1.54) is 41.9 Å². The fourth-order valence-corrected chi connectivity index (χ4v) is 3.52. The summed E-state index contributed by atoms with van der Waals surface area (Å²) in [7, 11) is 1.74. The first-order valence-corrected chi connectivity index (χ1v) is 8.40. The van der Waals surface area contributed by atoms with Crippen LogP contribution in [-0.2, 0) is 6.42 Å². The van der Waals surface area contributed by atoms with Gasteiger partial charge in [-0.3, -0.25) is 0 Å². The fraction of sp³-hybridized carbons (Fsp3) is 0.625. The van der Waals surface area contributed by atoms with Gasteiger partial charge in [0.05, 0.1) is 7.11 Å². The Morgan fingerprint density at radius 1 is 1.47 bits per heavy atom. The molecule has 0 aliphatic heterocycles. The number of thioether (sulfide) groups is 1. The quantitative estimate of drug-likeness (QED) is 0.767. The first-order chi connectivity index (χ1) is 9.24. The number of fused-ring (bicyclic) bond motifs is 1. The molecule has 19 heavy (non-hydrogen) atoms. The summed E-state index contributed by atoms with van der Waals surface area (Å²) in [4.78, 5) is 0. The molecule has 1 aromatic rings. The van der Waals surface area contributed by atoms with E-state index in [0.717, 1.165) is 5.75 Å². The van der Waals surface area contributed by atoms with Gasteiger partial charge in [0.25, 0.3) is 0 Å². The predicted octanol–water partition coefficient (Wildman–Crippen LogP) is 3.80. The summed E-state index contributed by atoms with van der Waals surface area (Å²) >= 11 is 2.03. The highest BCUT2D eigenvalue weighted by Gasteiger charge is 2.23. The Morgan fingerprint density at radius 2 is 2.32 bits per heavy atom. The Kier molecular flexibility index (Phi) is 5.59. The van der Waals surface area contributed by atoms with Gasteiger partial charge in [0.1, 0.15) is 5.75 Å². The van der Waals surface area contributed by atoms with Crippen molar-refractivity contribution in [3.8, 4) is 5.75 Å². The minimum Gasteiger partial charge on any atom is -0.497 e. The molecule has 0 fully saturated rings. The Bertz CT molecular complexity index is 408. The lowest BCUT2D eigenvalue weighted by Crippen LogP contribution is -2.29. The molecule has 0 radical (unpaired) electrons. The van der Waals surface area contributed by atoms with Crippen LogP contribution in [-0.4, -0.2) is 24.7 Å². The van der Waals surface area contributed by atoms with Crippen LogP contribution < -0.4 is 10.1 Å². The van der Waals surface area contributed by atoms with E-state index >= 15 is 0 Å². The van der Waals surface area contributed by atoms with Crippen molar-refractivity contribution in [1.29, 1.82) is 0 Å². The van der Waals surface area contributed by atoms with Gasteiger partial charge in [-0.1, -0.05) is 13.0 Å². The van der Waals surface area contributed by atoms with E-state index in [1.54, 1.807) is 7.11 Å². The van der Waals surface area contributed by atoms with Crippen molar-refractivity contribution < 1.29 is 4.74 Å². The summed E-state index contributed by atoms with van der Waals surface area (Å²) in [5.41, 5.74) is 2.92. The van der Waals surface area contributed by atoms with Crippen molar-refractivity contribution in [3.63, 3.8) is 0 Å². The molecule has 3 heteroatoms. The molecule has 2 atom stereocenters. The van der Waals surface area contributed by atoms with E-state index in [0.29, 0.717) is 12.1 Å². The molecule has 1 aliphatic carbocycles. The van der Waals surface area contributed by atoms with Gasteiger partial charge < -0.3 is 10.1 Å². The minimum absolute atomic E-state index is 0.506. The Morgan fingerprint density at radius 3 is 3.05 bits per heavy atom. The first kappa shape index (κ1) is 14.7. The number of rotatable bonds is 7. The average molecular weight is 279 g/mol. The molecular weight excluding hydrogens is 254 g/mol. The lowest BCUT2D eigenvalue weighted by Gasteiger charge is -2.20. The van der Waals surface area contributed by atoms with Crippen molar-refractivity contribution in [2.24, 2.45) is 0 Å². The molecule has 1 N–H and O–H groups in total. The van der Waals surface area contributed by atoms with Gasteiger partial charge in [0.2, 0.25) is 0 Å². The second-order valence-electron chi connectivity index (χ2n) is 5.21. The zero-order valence-electron chi connectivity index (χ0n) is 12.2. The smallest absolute Gasteiger partial charge is 0.119 e.